The number of hydrazone groups is 1. The van der Waals surface area contributed by atoms with Gasteiger partial charge in [0.05, 0.1) is 18.1 Å². The van der Waals surface area contributed by atoms with Crippen LogP contribution in [0.15, 0.2) is 65.9 Å². The van der Waals surface area contributed by atoms with Crippen LogP contribution in [-0.2, 0) is 16.1 Å². The molecule has 2 saturated carbocycles. The van der Waals surface area contributed by atoms with Gasteiger partial charge in [0, 0.05) is 39.3 Å². The molecule has 6 unspecified atom stereocenters. The molecule has 0 N–H and O–H groups in total. The van der Waals surface area contributed by atoms with Gasteiger partial charge >= 0.3 is 0 Å². The molecule has 2 heterocycles. The molecule has 6 atom stereocenters. The molecule has 3 fully saturated rings. The van der Waals surface area contributed by atoms with Gasteiger partial charge in [-0.3, -0.25) is 9.59 Å². The number of rotatable bonds is 4. The molecule has 0 radical (unpaired) electrons. The van der Waals surface area contributed by atoms with Gasteiger partial charge in [-0.15, -0.1) is 0 Å². The average Bonchev–Trinajstić information content (AvgIpc) is 3.54. The number of imide groups is 1. The first kappa shape index (κ1) is 20.5. The molecule has 2 bridgehead atoms. The number of amides is 2. The fourth-order valence-electron chi connectivity index (χ4n) is 6.52. The van der Waals surface area contributed by atoms with Crippen molar-refractivity contribution in [1.82, 2.24) is 9.58 Å². The lowest BCUT2D eigenvalue weighted by Crippen LogP contribution is -2.40. The predicted octanol–water partition coefficient (Wildman–Crippen LogP) is 5.38. The van der Waals surface area contributed by atoms with Crippen molar-refractivity contribution in [3.05, 3.63) is 82.0 Å². The molecule has 0 spiro atoms. The summed E-state index contributed by atoms with van der Waals surface area (Å²) in [6, 6.07) is 13.5. The van der Waals surface area contributed by atoms with Gasteiger partial charge in [-0.1, -0.05) is 59.6 Å². The Bertz CT molecular complexity index is 1400. The van der Waals surface area contributed by atoms with Gasteiger partial charge < -0.3 is 4.57 Å². The third kappa shape index (κ3) is 2.90. The van der Waals surface area contributed by atoms with Gasteiger partial charge in [0.25, 0.3) is 11.8 Å². The zero-order valence-corrected chi connectivity index (χ0v) is 19.7. The topological polar surface area (TPSA) is 54.7 Å². The van der Waals surface area contributed by atoms with E-state index in [-0.39, 0.29) is 35.5 Å². The number of benzene rings is 2. The minimum atomic E-state index is -0.239. The fraction of sp³-hybridized carbons (Fsp3) is 0.296. The maximum Gasteiger partial charge on any atom is 0.254 e. The first-order valence-electron chi connectivity index (χ1n) is 11.6. The Balaban J connectivity index is 1.21. The van der Waals surface area contributed by atoms with E-state index in [0.717, 1.165) is 33.5 Å². The van der Waals surface area contributed by atoms with E-state index in [1.165, 1.54) is 0 Å². The highest BCUT2D eigenvalue weighted by molar-refractivity contribution is 6.35. The van der Waals surface area contributed by atoms with Crippen molar-refractivity contribution in [3.63, 3.8) is 0 Å². The maximum atomic E-state index is 13.2. The highest BCUT2D eigenvalue weighted by Gasteiger charge is 2.67. The summed E-state index contributed by atoms with van der Waals surface area (Å²) in [6.45, 7) is 0.563. The Morgan fingerprint density at radius 3 is 2.38 bits per heavy atom. The summed E-state index contributed by atoms with van der Waals surface area (Å²) >= 11 is 12.5. The molecule has 5 aliphatic rings. The molecule has 170 valence electrons. The summed E-state index contributed by atoms with van der Waals surface area (Å²) in [5.74, 6) is 0.781. The SMILES string of the molecule is O=C1C2C3C=CC(C4CC34)C2C(=O)N1/N=C/c1cn(Cc2ccc(Cl)cc2Cl)c2ccccc12. The number of fused-ring (bicyclic) bond motifs is 1. The minimum absolute atomic E-state index is 0.146. The number of carbonyl (C=O) groups excluding carboxylic acids is 2. The minimum Gasteiger partial charge on any atom is -0.342 e. The van der Waals surface area contributed by atoms with Crippen molar-refractivity contribution >= 4 is 52.1 Å². The molecule has 2 amide bonds. The molecule has 4 aliphatic carbocycles. The quantitative estimate of drug-likeness (QED) is 0.280. The second-order valence-electron chi connectivity index (χ2n) is 9.85. The van der Waals surface area contributed by atoms with Crippen molar-refractivity contribution in [2.75, 3.05) is 0 Å². The number of nitrogens with zero attached hydrogens (tertiary/aromatic N) is 3. The van der Waals surface area contributed by atoms with Crippen LogP contribution in [0.3, 0.4) is 0 Å². The van der Waals surface area contributed by atoms with Crippen LogP contribution < -0.4 is 0 Å². The second-order valence-corrected chi connectivity index (χ2v) is 10.7. The van der Waals surface area contributed by atoms with Gasteiger partial charge in [0.1, 0.15) is 0 Å². The largest absolute Gasteiger partial charge is 0.342 e. The van der Waals surface area contributed by atoms with Crippen molar-refractivity contribution in [2.24, 2.45) is 40.6 Å². The second kappa shape index (κ2) is 7.30. The van der Waals surface area contributed by atoms with E-state index in [9.17, 15) is 9.59 Å². The Morgan fingerprint density at radius 1 is 0.971 bits per heavy atom. The Morgan fingerprint density at radius 2 is 1.68 bits per heavy atom. The van der Waals surface area contributed by atoms with Crippen molar-refractivity contribution < 1.29 is 9.59 Å². The van der Waals surface area contributed by atoms with E-state index in [1.807, 2.05) is 42.6 Å². The number of para-hydroxylation sites is 1. The van der Waals surface area contributed by atoms with Crippen LogP contribution >= 0.6 is 23.2 Å². The molecule has 1 saturated heterocycles. The first-order valence-corrected chi connectivity index (χ1v) is 12.4. The predicted molar refractivity (Wildman–Crippen MR) is 132 cm³/mol. The van der Waals surface area contributed by atoms with Crippen molar-refractivity contribution in [1.29, 1.82) is 0 Å². The summed E-state index contributed by atoms with van der Waals surface area (Å²) in [5.41, 5.74) is 2.82. The van der Waals surface area contributed by atoms with E-state index in [4.69, 9.17) is 23.2 Å². The summed E-state index contributed by atoms with van der Waals surface area (Å²) in [5, 5.41) is 7.78. The summed E-state index contributed by atoms with van der Waals surface area (Å²) < 4.78 is 2.09. The monoisotopic (exact) mass is 489 g/mol. The molecule has 7 heteroatoms. The van der Waals surface area contributed by atoms with Crippen LogP contribution in [0.5, 0.6) is 0 Å². The average molecular weight is 490 g/mol. The van der Waals surface area contributed by atoms with E-state index in [1.54, 1.807) is 12.3 Å². The summed E-state index contributed by atoms with van der Waals surface area (Å²) in [6.07, 6.45) is 9.13. The van der Waals surface area contributed by atoms with E-state index < -0.39 is 0 Å². The molecule has 3 aromatic rings. The molecular weight excluding hydrogens is 469 g/mol. The lowest BCUT2D eigenvalue weighted by molar-refractivity contribution is -0.140. The Kier molecular flexibility index (Phi) is 4.40. The summed E-state index contributed by atoms with van der Waals surface area (Å²) in [7, 11) is 0. The van der Waals surface area contributed by atoms with Gasteiger partial charge in [-0.2, -0.15) is 10.1 Å². The lowest BCUT2D eigenvalue weighted by atomic mass is 9.63. The summed E-state index contributed by atoms with van der Waals surface area (Å²) in [4.78, 5) is 26.5. The number of hydrogen-bond acceptors (Lipinski definition) is 3. The standard InChI is InChI=1S/C27H21Cl2N3O2/c28-16-6-5-14(22(29)9-16)12-31-13-15(17-3-1-2-4-23(17)31)11-30-32-26(33)24-18-7-8-19(21-10-20(18)21)25(24)27(32)34/h1-9,11,13,18-21,24-25H,10,12H2/b30-11+. The van der Waals surface area contributed by atoms with Crippen LogP contribution in [-0.4, -0.2) is 27.6 Å². The molecule has 2 aromatic carbocycles. The van der Waals surface area contributed by atoms with Gasteiger partial charge in [-0.05, 0) is 53.9 Å². The highest BCUT2D eigenvalue weighted by Crippen LogP contribution is 2.65. The number of carbonyl (C=O) groups is 2. The van der Waals surface area contributed by atoms with Crippen molar-refractivity contribution in [3.8, 4) is 0 Å². The van der Waals surface area contributed by atoms with Crippen LogP contribution in [0.2, 0.25) is 10.0 Å². The third-order valence-corrected chi connectivity index (χ3v) is 8.71. The van der Waals surface area contributed by atoms with E-state index in [0.29, 0.717) is 28.4 Å². The molecule has 1 aliphatic heterocycles. The van der Waals surface area contributed by atoms with Gasteiger partial charge in [0.2, 0.25) is 0 Å². The molecule has 5 nitrogen and oxygen atoms in total. The number of aromatic nitrogens is 1. The van der Waals surface area contributed by atoms with Crippen LogP contribution in [0, 0.1) is 35.5 Å². The first-order chi connectivity index (χ1) is 16.5. The van der Waals surface area contributed by atoms with E-state index in [2.05, 4.69) is 21.8 Å². The molecule has 1 aromatic heterocycles. The van der Waals surface area contributed by atoms with Gasteiger partial charge in [0.15, 0.2) is 0 Å². The molecular formula is C27H21Cl2N3O2. The maximum absolute atomic E-state index is 13.2. The van der Waals surface area contributed by atoms with Crippen LogP contribution in [0.1, 0.15) is 17.5 Å². The molecule has 34 heavy (non-hydrogen) atoms. The molecule has 8 rings (SSSR count). The zero-order valence-electron chi connectivity index (χ0n) is 18.1. The normalized spacial score (nSPS) is 31.1. The zero-order chi connectivity index (χ0) is 23.1. The Labute approximate surface area is 206 Å². The Hall–Kier alpha value is -2.89. The van der Waals surface area contributed by atoms with Crippen LogP contribution in [0.4, 0.5) is 0 Å². The third-order valence-electron chi connectivity index (χ3n) is 8.13. The van der Waals surface area contributed by atoms with Crippen molar-refractivity contribution in [2.45, 2.75) is 13.0 Å². The van der Waals surface area contributed by atoms with E-state index >= 15 is 0 Å². The fourth-order valence-corrected chi connectivity index (χ4v) is 6.99. The van der Waals surface area contributed by atoms with Gasteiger partial charge in [-0.25, -0.2) is 0 Å². The smallest absolute Gasteiger partial charge is 0.254 e. The van der Waals surface area contributed by atoms with Crippen LogP contribution in [0.25, 0.3) is 10.9 Å². The number of hydrogen-bond donors (Lipinski definition) is 0. The number of halogens is 2. The lowest BCUT2D eigenvalue weighted by Gasteiger charge is -2.37. The highest BCUT2D eigenvalue weighted by atomic mass is 35.5. The number of allylic oxidation sites excluding steroid dienone is 2.